The Morgan fingerprint density at radius 3 is 3.06 bits per heavy atom. The van der Waals surface area contributed by atoms with Gasteiger partial charge in [0.2, 0.25) is 5.91 Å². The molecular weight excluding hydrogens is 206 g/mol. The molecule has 0 aromatic carbocycles. The smallest absolute Gasteiger partial charge is 0.244 e. The molecule has 1 atom stereocenters. The maximum absolute atomic E-state index is 11.4. The highest BCUT2D eigenvalue weighted by Crippen LogP contribution is 1.99. The van der Waals surface area contributed by atoms with Crippen LogP contribution < -0.4 is 5.32 Å². The number of aliphatic hydroxyl groups excluding tert-OH is 1. The second-order valence-electron chi connectivity index (χ2n) is 3.70. The van der Waals surface area contributed by atoms with Crippen LogP contribution in [-0.4, -0.2) is 33.4 Å². The monoisotopic (exact) mass is 223 g/mol. The quantitative estimate of drug-likeness (QED) is 0.706. The molecule has 1 aromatic rings. The summed E-state index contributed by atoms with van der Waals surface area (Å²) in [6.45, 7) is 1.93. The summed E-state index contributed by atoms with van der Waals surface area (Å²) in [4.78, 5) is 11.4. The zero-order valence-electron chi connectivity index (χ0n) is 9.55. The molecule has 1 rings (SSSR count). The zero-order chi connectivity index (χ0) is 12.0. The predicted octanol–water partition coefficient (Wildman–Crippen LogP) is 0.320. The maximum atomic E-state index is 11.4. The van der Waals surface area contributed by atoms with Gasteiger partial charge < -0.3 is 10.4 Å². The van der Waals surface area contributed by atoms with Gasteiger partial charge in [-0.25, -0.2) is 0 Å². The number of aryl methyl sites for hydroxylation is 1. The number of nitrogens with zero attached hydrogens (tertiary/aromatic N) is 2. The maximum Gasteiger partial charge on any atom is 0.244 e. The van der Waals surface area contributed by atoms with Crippen LogP contribution in [0.4, 0.5) is 0 Å². The van der Waals surface area contributed by atoms with Crippen LogP contribution in [0.5, 0.6) is 0 Å². The molecule has 1 heterocycles. The van der Waals surface area contributed by atoms with Crippen molar-refractivity contribution in [3.05, 3.63) is 24.0 Å². The number of aromatic nitrogens is 2. The van der Waals surface area contributed by atoms with Crippen LogP contribution >= 0.6 is 0 Å². The molecule has 1 unspecified atom stereocenters. The minimum atomic E-state index is -0.162. The molecule has 0 aliphatic carbocycles. The highest BCUT2D eigenvalue weighted by atomic mass is 16.3. The molecule has 0 bridgehead atoms. The van der Waals surface area contributed by atoms with Crippen molar-refractivity contribution < 1.29 is 9.90 Å². The van der Waals surface area contributed by atoms with Gasteiger partial charge in [-0.05, 0) is 19.4 Å². The minimum absolute atomic E-state index is 0.0175. The van der Waals surface area contributed by atoms with E-state index in [1.165, 1.54) is 6.08 Å². The summed E-state index contributed by atoms with van der Waals surface area (Å²) in [5.74, 6) is -0.162. The van der Waals surface area contributed by atoms with E-state index in [0.29, 0.717) is 6.42 Å². The van der Waals surface area contributed by atoms with Crippen LogP contribution in [0.15, 0.2) is 18.5 Å². The Bertz CT molecular complexity index is 371. The van der Waals surface area contributed by atoms with Crippen LogP contribution in [0.1, 0.15) is 18.9 Å². The Morgan fingerprint density at radius 1 is 1.75 bits per heavy atom. The van der Waals surface area contributed by atoms with Crippen LogP contribution in [0.25, 0.3) is 6.08 Å². The molecule has 0 radical (unpaired) electrons. The molecular formula is C11H17N3O2. The normalized spacial score (nSPS) is 12.9. The summed E-state index contributed by atoms with van der Waals surface area (Å²) in [5.41, 5.74) is 0.882. The Morgan fingerprint density at radius 2 is 2.50 bits per heavy atom. The van der Waals surface area contributed by atoms with Crippen LogP contribution in [0, 0.1) is 0 Å². The Hall–Kier alpha value is -1.62. The third-order valence-electron chi connectivity index (χ3n) is 2.10. The van der Waals surface area contributed by atoms with E-state index in [9.17, 15) is 4.79 Å². The van der Waals surface area contributed by atoms with Gasteiger partial charge in [-0.2, -0.15) is 5.10 Å². The van der Waals surface area contributed by atoms with E-state index < -0.39 is 0 Å². The van der Waals surface area contributed by atoms with Crippen LogP contribution in [-0.2, 0) is 11.8 Å². The fourth-order valence-electron chi connectivity index (χ4n) is 1.25. The first-order valence-electron chi connectivity index (χ1n) is 5.20. The summed E-state index contributed by atoms with van der Waals surface area (Å²) in [7, 11) is 1.82. The second kappa shape index (κ2) is 6.07. The highest BCUT2D eigenvalue weighted by molar-refractivity contribution is 5.91. The lowest BCUT2D eigenvalue weighted by molar-refractivity contribution is -0.117. The molecule has 1 aromatic heterocycles. The Balaban J connectivity index is 2.42. The number of rotatable bonds is 5. The summed E-state index contributed by atoms with van der Waals surface area (Å²) in [6.07, 6.45) is 7.23. The number of hydrogen-bond acceptors (Lipinski definition) is 3. The number of nitrogens with one attached hydrogen (secondary N) is 1. The van der Waals surface area contributed by atoms with Gasteiger partial charge in [0.25, 0.3) is 0 Å². The van der Waals surface area contributed by atoms with E-state index >= 15 is 0 Å². The molecule has 5 heteroatoms. The van der Waals surface area contributed by atoms with Crippen molar-refractivity contribution in [1.29, 1.82) is 0 Å². The number of amides is 1. The van der Waals surface area contributed by atoms with Gasteiger partial charge in [-0.1, -0.05) is 0 Å². The third-order valence-corrected chi connectivity index (χ3v) is 2.10. The van der Waals surface area contributed by atoms with Crippen molar-refractivity contribution in [2.24, 2.45) is 7.05 Å². The van der Waals surface area contributed by atoms with Crippen LogP contribution in [0.3, 0.4) is 0 Å². The van der Waals surface area contributed by atoms with E-state index in [-0.39, 0.29) is 18.6 Å². The topological polar surface area (TPSA) is 67.2 Å². The first-order valence-corrected chi connectivity index (χ1v) is 5.20. The molecule has 0 spiro atoms. The Labute approximate surface area is 94.8 Å². The van der Waals surface area contributed by atoms with E-state index in [4.69, 9.17) is 5.11 Å². The molecule has 88 valence electrons. The van der Waals surface area contributed by atoms with Crippen molar-refractivity contribution in [3.63, 3.8) is 0 Å². The minimum Gasteiger partial charge on any atom is -0.396 e. The predicted molar refractivity (Wildman–Crippen MR) is 61.5 cm³/mol. The first-order chi connectivity index (χ1) is 7.61. The number of carbonyl (C=O) groups is 1. The molecule has 0 saturated heterocycles. The van der Waals surface area contributed by atoms with E-state index in [2.05, 4.69) is 10.4 Å². The van der Waals surface area contributed by atoms with Crippen LogP contribution in [0.2, 0.25) is 0 Å². The standard InChI is InChI=1S/C11H17N3O2/c1-9(5-6-15)13-11(16)4-3-10-7-12-14(2)8-10/h3-4,7-9,15H,5-6H2,1-2H3,(H,13,16)/b4-3+. The lowest BCUT2D eigenvalue weighted by Gasteiger charge is -2.09. The van der Waals surface area contributed by atoms with Crippen molar-refractivity contribution >= 4 is 12.0 Å². The third kappa shape index (κ3) is 4.27. The average Bonchev–Trinajstić information content (AvgIpc) is 2.61. The summed E-state index contributed by atoms with van der Waals surface area (Å²) in [6, 6.07) is -0.0175. The van der Waals surface area contributed by atoms with Crippen molar-refractivity contribution in [2.75, 3.05) is 6.61 Å². The fraction of sp³-hybridized carbons (Fsp3) is 0.455. The van der Waals surface area contributed by atoms with Crippen molar-refractivity contribution in [3.8, 4) is 0 Å². The average molecular weight is 223 g/mol. The van der Waals surface area contributed by atoms with Gasteiger partial charge >= 0.3 is 0 Å². The molecule has 0 fully saturated rings. The number of hydrogen-bond donors (Lipinski definition) is 2. The molecule has 5 nitrogen and oxygen atoms in total. The summed E-state index contributed by atoms with van der Waals surface area (Å²) < 4.78 is 1.67. The molecule has 0 aliphatic heterocycles. The second-order valence-corrected chi connectivity index (χ2v) is 3.70. The zero-order valence-corrected chi connectivity index (χ0v) is 9.55. The molecule has 16 heavy (non-hydrogen) atoms. The van der Waals surface area contributed by atoms with Crippen molar-refractivity contribution in [1.82, 2.24) is 15.1 Å². The molecule has 1 amide bonds. The first kappa shape index (κ1) is 12.4. The molecule has 2 N–H and O–H groups in total. The van der Waals surface area contributed by atoms with Gasteiger partial charge in [0, 0.05) is 37.5 Å². The lowest BCUT2D eigenvalue weighted by atomic mass is 10.2. The molecule has 0 aliphatic rings. The fourth-order valence-corrected chi connectivity index (χ4v) is 1.25. The number of carbonyl (C=O) groups excluding carboxylic acids is 1. The summed E-state index contributed by atoms with van der Waals surface area (Å²) >= 11 is 0. The van der Waals surface area contributed by atoms with Gasteiger partial charge in [-0.3, -0.25) is 9.48 Å². The molecule has 0 saturated carbocycles. The Kier molecular flexibility index (Phi) is 4.72. The highest BCUT2D eigenvalue weighted by Gasteiger charge is 2.03. The summed E-state index contributed by atoms with van der Waals surface area (Å²) in [5, 5.41) is 15.4. The largest absolute Gasteiger partial charge is 0.396 e. The van der Waals surface area contributed by atoms with Gasteiger partial charge in [0.1, 0.15) is 0 Å². The number of aliphatic hydroxyl groups is 1. The van der Waals surface area contributed by atoms with Gasteiger partial charge in [0.15, 0.2) is 0 Å². The SMILES string of the molecule is CC(CCO)NC(=O)/C=C/c1cnn(C)c1. The van der Waals surface area contributed by atoms with E-state index in [1.54, 1.807) is 17.0 Å². The van der Waals surface area contributed by atoms with Crippen molar-refractivity contribution in [2.45, 2.75) is 19.4 Å². The van der Waals surface area contributed by atoms with Gasteiger partial charge in [0.05, 0.1) is 6.20 Å². The van der Waals surface area contributed by atoms with E-state index in [0.717, 1.165) is 5.56 Å². The van der Waals surface area contributed by atoms with E-state index in [1.807, 2.05) is 20.2 Å². The van der Waals surface area contributed by atoms with Gasteiger partial charge in [-0.15, -0.1) is 0 Å². The lowest BCUT2D eigenvalue weighted by Crippen LogP contribution is -2.31.